The monoisotopic (exact) mass is 470 g/mol. The molecule has 1 amide bonds. The Kier molecular flexibility index (Phi) is 5.47. The van der Waals surface area contributed by atoms with Crippen molar-refractivity contribution < 1.29 is 9.21 Å². The molecule has 0 aliphatic rings. The Morgan fingerprint density at radius 2 is 1.82 bits per heavy atom. The minimum atomic E-state index is -0.377. The molecule has 0 spiro atoms. The van der Waals surface area contributed by atoms with Crippen molar-refractivity contribution in [3.8, 4) is 22.6 Å². The molecular formula is C26H19ClN4O3. The van der Waals surface area contributed by atoms with Crippen LogP contribution in [-0.4, -0.2) is 20.9 Å². The lowest BCUT2D eigenvalue weighted by Crippen LogP contribution is -2.19. The normalized spacial score (nSPS) is 11.0. The number of hydrogen-bond donors (Lipinski definition) is 2. The number of carbonyl (C=O) groups is 1. The van der Waals surface area contributed by atoms with Gasteiger partial charge in [0.2, 0.25) is 5.43 Å². The number of hydrogen-bond acceptors (Lipinski definition) is 5. The molecule has 7 nitrogen and oxygen atoms in total. The summed E-state index contributed by atoms with van der Waals surface area (Å²) in [4.78, 5) is 37.9. The fraction of sp³-hybridized carbons (Fsp3) is 0.0769. The van der Waals surface area contributed by atoms with Gasteiger partial charge in [0.25, 0.3) is 5.91 Å². The number of nitrogens with zero attached hydrogens (tertiary/aromatic N) is 2. The van der Waals surface area contributed by atoms with E-state index in [0.29, 0.717) is 38.8 Å². The van der Waals surface area contributed by atoms with Crippen molar-refractivity contribution in [3.05, 3.63) is 99.3 Å². The van der Waals surface area contributed by atoms with Crippen molar-refractivity contribution in [1.82, 2.24) is 15.0 Å². The number of nitrogens with one attached hydrogen (secondary N) is 2. The lowest BCUT2D eigenvalue weighted by molar-refractivity contribution is 0.102. The van der Waals surface area contributed by atoms with E-state index in [-0.39, 0.29) is 17.0 Å². The van der Waals surface area contributed by atoms with Crippen molar-refractivity contribution in [1.29, 1.82) is 0 Å². The van der Waals surface area contributed by atoms with Crippen LogP contribution in [-0.2, 0) is 0 Å². The Hall–Kier alpha value is -4.23. The molecule has 168 valence electrons. The van der Waals surface area contributed by atoms with Gasteiger partial charge in [-0.3, -0.25) is 9.59 Å². The first kappa shape index (κ1) is 21.6. The number of aromatic nitrogens is 3. The number of fused-ring (bicyclic) bond motifs is 1. The lowest BCUT2D eigenvalue weighted by atomic mass is 10.0. The maximum Gasteiger partial charge on any atom is 0.255 e. The highest BCUT2D eigenvalue weighted by Crippen LogP contribution is 2.34. The summed E-state index contributed by atoms with van der Waals surface area (Å²) >= 11 is 6.22. The van der Waals surface area contributed by atoms with Crippen molar-refractivity contribution in [3.63, 3.8) is 0 Å². The third-order valence-corrected chi connectivity index (χ3v) is 5.55. The largest absolute Gasteiger partial charge is 0.460 e. The van der Waals surface area contributed by atoms with Gasteiger partial charge in [0.15, 0.2) is 5.76 Å². The summed E-state index contributed by atoms with van der Waals surface area (Å²) in [6.07, 6.45) is 1.45. The van der Waals surface area contributed by atoms with Gasteiger partial charge in [-0.2, -0.15) is 0 Å². The first-order chi connectivity index (χ1) is 16.4. The van der Waals surface area contributed by atoms with Crippen LogP contribution in [0.3, 0.4) is 0 Å². The van der Waals surface area contributed by atoms with Crippen LogP contribution in [0, 0.1) is 13.8 Å². The zero-order valence-electron chi connectivity index (χ0n) is 18.3. The fourth-order valence-electron chi connectivity index (χ4n) is 3.78. The summed E-state index contributed by atoms with van der Waals surface area (Å²) < 4.78 is 5.84. The number of amides is 1. The highest BCUT2D eigenvalue weighted by molar-refractivity contribution is 6.29. The highest BCUT2D eigenvalue weighted by Gasteiger charge is 2.18. The van der Waals surface area contributed by atoms with E-state index in [4.69, 9.17) is 21.0 Å². The van der Waals surface area contributed by atoms with E-state index in [1.54, 1.807) is 36.4 Å². The minimum absolute atomic E-state index is 0.125. The molecule has 1 aromatic carbocycles. The highest BCUT2D eigenvalue weighted by atomic mass is 35.5. The lowest BCUT2D eigenvalue weighted by Gasteiger charge is -2.12. The quantitative estimate of drug-likeness (QED) is 0.325. The number of rotatable bonds is 4. The van der Waals surface area contributed by atoms with E-state index in [1.807, 2.05) is 38.1 Å². The van der Waals surface area contributed by atoms with Crippen molar-refractivity contribution >= 4 is 34.2 Å². The number of carbonyl (C=O) groups excluding carboxylic acids is 1. The molecule has 4 aromatic heterocycles. The molecule has 8 heteroatoms. The van der Waals surface area contributed by atoms with Gasteiger partial charge in [-0.05, 0) is 61.9 Å². The predicted molar refractivity (Wildman–Crippen MR) is 132 cm³/mol. The third kappa shape index (κ3) is 4.09. The van der Waals surface area contributed by atoms with E-state index in [0.717, 1.165) is 17.0 Å². The molecule has 5 aromatic rings. The van der Waals surface area contributed by atoms with Crippen molar-refractivity contribution in [2.45, 2.75) is 13.8 Å². The smallest absolute Gasteiger partial charge is 0.255 e. The van der Waals surface area contributed by atoms with Gasteiger partial charge in [0.1, 0.15) is 27.9 Å². The van der Waals surface area contributed by atoms with Crippen LogP contribution >= 0.6 is 11.6 Å². The SMILES string of the molecule is Cc1cc(-c2cc3c(=O)c(NC(=O)c4ccccc4)c[nH]c3nc2-c2ccc(C)o2)cc(Cl)n1. The van der Waals surface area contributed by atoms with Crippen LogP contribution < -0.4 is 10.7 Å². The molecule has 5 rings (SSSR count). The molecule has 0 radical (unpaired) electrons. The summed E-state index contributed by atoms with van der Waals surface area (Å²) in [5.74, 6) is 0.916. The molecule has 34 heavy (non-hydrogen) atoms. The van der Waals surface area contributed by atoms with E-state index < -0.39 is 0 Å². The van der Waals surface area contributed by atoms with Crippen molar-refractivity contribution in [2.75, 3.05) is 5.32 Å². The number of H-pyrrole nitrogens is 1. The third-order valence-electron chi connectivity index (χ3n) is 5.36. The molecule has 0 saturated carbocycles. The van der Waals surface area contributed by atoms with Crippen molar-refractivity contribution in [2.24, 2.45) is 0 Å². The first-order valence-corrected chi connectivity index (χ1v) is 10.9. The van der Waals surface area contributed by atoms with Crippen LogP contribution in [0.2, 0.25) is 5.15 Å². The standard InChI is InChI=1S/C26H19ClN4O3/c1-14-10-17(11-22(27)29-14)18-12-19-24(32)20(30-26(33)16-6-4-3-5-7-16)13-28-25(19)31-23(18)21-9-8-15(2)34-21/h3-13H,1-2H3,(H,30,33)(H,28,31,32). The van der Waals surface area contributed by atoms with Gasteiger partial charge in [0, 0.05) is 23.0 Å². The average molecular weight is 471 g/mol. The second-order valence-corrected chi connectivity index (χ2v) is 8.25. The maximum atomic E-state index is 13.3. The fourth-order valence-corrected chi connectivity index (χ4v) is 4.03. The molecule has 0 aliphatic heterocycles. The second kappa shape index (κ2) is 8.61. The number of halogens is 1. The second-order valence-electron chi connectivity index (χ2n) is 7.86. The van der Waals surface area contributed by atoms with Crippen LogP contribution in [0.25, 0.3) is 33.6 Å². The predicted octanol–water partition coefficient (Wildman–Crippen LogP) is 5.77. The van der Waals surface area contributed by atoms with Gasteiger partial charge < -0.3 is 14.7 Å². The Balaban J connectivity index is 1.68. The number of benzene rings is 1. The van der Waals surface area contributed by atoms with Gasteiger partial charge in [0.05, 0.1) is 5.39 Å². The van der Waals surface area contributed by atoms with E-state index >= 15 is 0 Å². The molecule has 0 atom stereocenters. The summed E-state index contributed by atoms with van der Waals surface area (Å²) in [5, 5.41) is 3.33. The molecule has 0 fully saturated rings. The molecule has 0 aliphatic carbocycles. The molecule has 0 unspecified atom stereocenters. The number of furan rings is 1. The summed E-state index contributed by atoms with van der Waals surface area (Å²) in [6.45, 7) is 3.69. The number of pyridine rings is 3. The van der Waals surface area contributed by atoms with Crippen LogP contribution in [0.4, 0.5) is 5.69 Å². The Morgan fingerprint density at radius 1 is 1.03 bits per heavy atom. The zero-order chi connectivity index (χ0) is 23.8. The van der Waals surface area contributed by atoms with Gasteiger partial charge in [-0.25, -0.2) is 9.97 Å². The summed E-state index contributed by atoms with van der Waals surface area (Å²) in [6, 6.07) is 17.7. The minimum Gasteiger partial charge on any atom is -0.460 e. The maximum absolute atomic E-state index is 13.3. The molecule has 0 saturated heterocycles. The number of aryl methyl sites for hydroxylation is 2. The summed E-state index contributed by atoms with van der Waals surface area (Å²) in [5.41, 5.74) is 3.27. The van der Waals surface area contributed by atoms with E-state index in [2.05, 4.69) is 15.3 Å². The topological polar surface area (TPSA) is 101 Å². The van der Waals surface area contributed by atoms with Crippen LogP contribution in [0.1, 0.15) is 21.8 Å². The van der Waals surface area contributed by atoms with Crippen LogP contribution in [0.5, 0.6) is 0 Å². The van der Waals surface area contributed by atoms with Crippen LogP contribution in [0.15, 0.2) is 76.1 Å². The van der Waals surface area contributed by atoms with E-state index in [9.17, 15) is 9.59 Å². The molecule has 0 bridgehead atoms. The van der Waals surface area contributed by atoms with Gasteiger partial charge >= 0.3 is 0 Å². The average Bonchev–Trinajstić information content (AvgIpc) is 3.26. The molecular weight excluding hydrogens is 452 g/mol. The Bertz CT molecular complexity index is 1590. The molecule has 4 heterocycles. The Morgan fingerprint density at radius 3 is 2.53 bits per heavy atom. The van der Waals surface area contributed by atoms with Gasteiger partial charge in [-0.1, -0.05) is 29.8 Å². The molecule has 2 N–H and O–H groups in total. The zero-order valence-corrected chi connectivity index (χ0v) is 19.1. The van der Waals surface area contributed by atoms with E-state index in [1.165, 1.54) is 6.20 Å². The van der Waals surface area contributed by atoms with Gasteiger partial charge in [-0.15, -0.1) is 0 Å². The number of aromatic amines is 1. The number of anilines is 1. The first-order valence-electron chi connectivity index (χ1n) is 10.5. The Labute approximate surface area is 199 Å². The summed E-state index contributed by atoms with van der Waals surface area (Å²) in [7, 11) is 0.